The van der Waals surface area contributed by atoms with Gasteiger partial charge in [0.1, 0.15) is 5.75 Å². The van der Waals surface area contributed by atoms with Crippen LogP contribution in [0.2, 0.25) is 0 Å². The van der Waals surface area contributed by atoms with Crippen LogP contribution in [0.25, 0.3) is 0 Å². The van der Waals surface area contributed by atoms with E-state index >= 15 is 0 Å². The first-order valence-corrected chi connectivity index (χ1v) is 7.42. The highest BCUT2D eigenvalue weighted by atomic mass is 16.5. The summed E-state index contributed by atoms with van der Waals surface area (Å²) in [6.07, 6.45) is -0.872. The standard InChI is InChI=1S/C18H21NO5/c1-22-15-7-5-4-6-13(15)18(21)19-11-14(20)12-8-9-16(23-2)17(10-12)24-3/h4-10,14,20H,11H2,1-3H3,(H,19,21). The van der Waals surface area contributed by atoms with Gasteiger partial charge in [-0.3, -0.25) is 4.79 Å². The molecule has 24 heavy (non-hydrogen) atoms. The normalized spacial score (nSPS) is 11.5. The Morgan fingerprint density at radius 2 is 1.67 bits per heavy atom. The van der Waals surface area contributed by atoms with E-state index in [-0.39, 0.29) is 12.5 Å². The quantitative estimate of drug-likeness (QED) is 0.813. The average molecular weight is 331 g/mol. The second-order valence-corrected chi connectivity index (χ2v) is 5.04. The van der Waals surface area contributed by atoms with Crippen LogP contribution < -0.4 is 19.5 Å². The van der Waals surface area contributed by atoms with Crippen LogP contribution in [-0.2, 0) is 0 Å². The number of carbonyl (C=O) groups excluding carboxylic acids is 1. The van der Waals surface area contributed by atoms with Crippen molar-refractivity contribution in [1.29, 1.82) is 0 Å². The van der Waals surface area contributed by atoms with Crippen molar-refractivity contribution in [2.75, 3.05) is 27.9 Å². The van der Waals surface area contributed by atoms with E-state index in [0.717, 1.165) is 0 Å². The number of methoxy groups -OCH3 is 3. The third kappa shape index (κ3) is 3.97. The fourth-order valence-corrected chi connectivity index (χ4v) is 2.29. The predicted molar refractivity (Wildman–Crippen MR) is 89.8 cm³/mol. The molecule has 0 fully saturated rings. The highest BCUT2D eigenvalue weighted by molar-refractivity contribution is 5.96. The van der Waals surface area contributed by atoms with Gasteiger partial charge in [0.05, 0.1) is 33.0 Å². The van der Waals surface area contributed by atoms with Gasteiger partial charge in [0.2, 0.25) is 0 Å². The van der Waals surface area contributed by atoms with E-state index in [1.54, 1.807) is 49.6 Å². The summed E-state index contributed by atoms with van der Waals surface area (Å²) in [5.41, 5.74) is 1.03. The largest absolute Gasteiger partial charge is 0.496 e. The lowest BCUT2D eigenvalue weighted by molar-refractivity contribution is 0.0913. The summed E-state index contributed by atoms with van der Waals surface area (Å²) >= 11 is 0. The molecule has 0 aliphatic rings. The number of hydrogen-bond donors (Lipinski definition) is 2. The summed E-state index contributed by atoms with van der Waals surface area (Å²) in [6.45, 7) is 0.0619. The molecule has 0 heterocycles. The van der Waals surface area contributed by atoms with E-state index < -0.39 is 6.10 Å². The lowest BCUT2D eigenvalue weighted by Crippen LogP contribution is -2.28. The van der Waals surface area contributed by atoms with Gasteiger partial charge in [0, 0.05) is 6.54 Å². The van der Waals surface area contributed by atoms with Crippen molar-refractivity contribution < 1.29 is 24.1 Å². The molecule has 2 N–H and O–H groups in total. The first-order valence-electron chi connectivity index (χ1n) is 7.42. The van der Waals surface area contributed by atoms with Crippen LogP contribution in [0.15, 0.2) is 42.5 Å². The third-order valence-electron chi connectivity index (χ3n) is 3.60. The molecular weight excluding hydrogens is 310 g/mol. The zero-order chi connectivity index (χ0) is 17.5. The van der Waals surface area contributed by atoms with Crippen molar-refractivity contribution in [1.82, 2.24) is 5.32 Å². The number of hydrogen-bond acceptors (Lipinski definition) is 5. The minimum absolute atomic E-state index is 0.0619. The molecular formula is C18H21NO5. The maximum absolute atomic E-state index is 12.2. The lowest BCUT2D eigenvalue weighted by atomic mass is 10.1. The molecule has 0 aliphatic carbocycles. The van der Waals surface area contributed by atoms with Gasteiger partial charge >= 0.3 is 0 Å². The molecule has 2 rings (SSSR count). The molecule has 0 spiro atoms. The van der Waals surface area contributed by atoms with Crippen LogP contribution in [0.3, 0.4) is 0 Å². The van der Waals surface area contributed by atoms with Crippen LogP contribution in [0.1, 0.15) is 22.0 Å². The van der Waals surface area contributed by atoms with Gasteiger partial charge in [-0.25, -0.2) is 0 Å². The number of rotatable bonds is 7. The molecule has 0 radical (unpaired) electrons. The van der Waals surface area contributed by atoms with E-state index in [0.29, 0.717) is 28.4 Å². The summed E-state index contributed by atoms with van der Waals surface area (Å²) < 4.78 is 15.5. The Labute approximate surface area is 141 Å². The van der Waals surface area contributed by atoms with Crippen molar-refractivity contribution in [2.24, 2.45) is 0 Å². The minimum Gasteiger partial charge on any atom is -0.496 e. The summed E-state index contributed by atoms with van der Waals surface area (Å²) in [6, 6.07) is 12.0. The van der Waals surface area contributed by atoms with Gasteiger partial charge in [0.25, 0.3) is 5.91 Å². The highest BCUT2D eigenvalue weighted by Gasteiger charge is 2.15. The van der Waals surface area contributed by atoms with E-state index in [9.17, 15) is 9.90 Å². The van der Waals surface area contributed by atoms with Gasteiger partial charge < -0.3 is 24.6 Å². The SMILES string of the molecule is COc1ccc(C(O)CNC(=O)c2ccccc2OC)cc1OC. The number of para-hydroxylation sites is 1. The van der Waals surface area contributed by atoms with Crippen LogP contribution in [0.4, 0.5) is 0 Å². The molecule has 0 saturated heterocycles. The van der Waals surface area contributed by atoms with Crippen LogP contribution in [0, 0.1) is 0 Å². The second-order valence-electron chi connectivity index (χ2n) is 5.04. The molecule has 1 amide bonds. The van der Waals surface area contributed by atoms with E-state index in [4.69, 9.17) is 14.2 Å². The third-order valence-corrected chi connectivity index (χ3v) is 3.60. The summed E-state index contributed by atoms with van der Waals surface area (Å²) in [4.78, 5) is 12.2. The Morgan fingerprint density at radius 3 is 2.33 bits per heavy atom. The average Bonchev–Trinajstić information content (AvgIpc) is 2.64. The maximum atomic E-state index is 12.2. The van der Waals surface area contributed by atoms with Crippen molar-refractivity contribution in [3.63, 3.8) is 0 Å². The Bertz CT molecular complexity index is 702. The van der Waals surface area contributed by atoms with Gasteiger partial charge in [-0.2, -0.15) is 0 Å². The lowest BCUT2D eigenvalue weighted by Gasteiger charge is -2.15. The van der Waals surface area contributed by atoms with E-state index in [1.807, 2.05) is 0 Å². The number of carbonyl (C=O) groups is 1. The number of ether oxygens (including phenoxy) is 3. The zero-order valence-electron chi connectivity index (χ0n) is 13.9. The molecule has 0 saturated carbocycles. The van der Waals surface area contributed by atoms with E-state index in [2.05, 4.69) is 5.32 Å². The number of benzene rings is 2. The molecule has 0 aliphatic heterocycles. The Morgan fingerprint density at radius 1 is 1.00 bits per heavy atom. The van der Waals surface area contributed by atoms with Gasteiger partial charge in [-0.05, 0) is 29.8 Å². The van der Waals surface area contributed by atoms with Gasteiger partial charge in [-0.15, -0.1) is 0 Å². The van der Waals surface area contributed by atoms with E-state index in [1.165, 1.54) is 14.2 Å². The van der Waals surface area contributed by atoms with Gasteiger partial charge in [-0.1, -0.05) is 18.2 Å². The van der Waals surface area contributed by atoms with Crippen molar-refractivity contribution in [3.05, 3.63) is 53.6 Å². The smallest absolute Gasteiger partial charge is 0.255 e. The first-order chi connectivity index (χ1) is 11.6. The van der Waals surface area contributed by atoms with Crippen LogP contribution in [-0.4, -0.2) is 38.9 Å². The molecule has 128 valence electrons. The van der Waals surface area contributed by atoms with Crippen molar-refractivity contribution in [3.8, 4) is 17.2 Å². The summed E-state index contributed by atoms with van der Waals surface area (Å²) in [5.74, 6) is 1.26. The molecule has 1 atom stereocenters. The minimum atomic E-state index is -0.872. The first kappa shape index (κ1) is 17.6. The fourth-order valence-electron chi connectivity index (χ4n) is 2.29. The monoisotopic (exact) mass is 331 g/mol. The summed E-state index contributed by atoms with van der Waals surface area (Å²) in [5, 5.41) is 13.0. The van der Waals surface area contributed by atoms with Crippen LogP contribution in [0.5, 0.6) is 17.2 Å². The zero-order valence-corrected chi connectivity index (χ0v) is 13.9. The number of amides is 1. The van der Waals surface area contributed by atoms with Gasteiger partial charge in [0.15, 0.2) is 11.5 Å². The van der Waals surface area contributed by atoms with Crippen molar-refractivity contribution >= 4 is 5.91 Å². The second kappa shape index (κ2) is 8.21. The highest BCUT2D eigenvalue weighted by Crippen LogP contribution is 2.29. The Kier molecular flexibility index (Phi) is 6.03. The fraction of sp³-hybridized carbons (Fsp3) is 0.278. The molecule has 6 heteroatoms. The molecule has 0 aromatic heterocycles. The molecule has 2 aromatic rings. The molecule has 0 bridgehead atoms. The number of aliphatic hydroxyl groups excluding tert-OH is 1. The summed E-state index contributed by atoms with van der Waals surface area (Å²) in [7, 11) is 4.57. The predicted octanol–water partition coefficient (Wildman–Crippen LogP) is 2.18. The molecule has 6 nitrogen and oxygen atoms in total. The maximum Gasteiger partial charge on any atom is 0.255 e. The van der Waals surface area contributed by atoms with Crippen LogP contribution >= 0.6 is 0 Å². The molecule has 2 aromatic carbocycles. The molecule has 1 unspecified atom stereocenters. The Hall–Kier alpha value is -2.73. The van der Waals surface area contributed by atoms with Crippen molar-refractivity contribution in [2.45, 2.75) is 6.10 Å². The number of nitrogens with one attached hydrogen (secondary N) is 1. The number of aliphatic hydroxyl groups is 1. The topological polar surface area (TPSA) is 77.0 Å². The Balaban J connectivity index is 2.05.